The van der Waals surface area contributed by atoms with Crippen molar-refractivity contribution in [1.29, 1.82) is 0 Å². The number of hydrogen-bond acceptors (Lipinski definition) is 3. The van der Waals surface area contributed by atoms with Crippen LogP contribution in [0, 0.1) is 11.6 Å². The molecule has 0 aliphatic rings. The lowest BCUT2D eigenvalue weighted by molar-refractivity contribution is 1.13. The van der Waals surface area contributed by atoms with Crippen LogP contribution in [0.1, 0.15) is 5.56 Å². The molecular formula is C15H11BrN2S2. The topological polar surface area (TPSA) is 28.7 Å². The van der Waals surface area contributed by atoms with Crippen LogP contribution in [0.25, 0.3) is 22.0 Å². The largest absolute Gasteiger partial charge is 0.338 e. The standard InChI is InChI=1S/C15H11BrN2S2/c1-9-13(10-5-3-2-4-6-10)17-14(18-15(9)19)11-7-8-12(16)20-11/h2-8H,1H3,(H,17,18,19). The van der Waals surface area contributed by atoms with Crippen molar-refractivity contribution in [1.82, 2.24) is 9.97 Å². The number of aromatic nitrogens is 2. The zero-order valence-corrected chi connectivity index (χ0v) is 13.9. The molecule has 100 valence electrons. The normalized spacial score (nSPS) is 10.7. The summed E-state index contributed by atoms with van der Waals surface area (Å²) in [6.45, 7) is 2.00. The van der Waals surface area contributed by atoms with E-state index in [1.54, 1.807) is 11.3 Å². The van der Waals surface area contributed by atoms with Crippen molar-refractivity contribution >= 4 is 39.5 Å². The third-order valence-electron chi connectivity index (χ3n) is 3.02. The summed E-state index contributed by atoms with van der Waals surface area (Å²) in [5, 5.41) is 0. The Labute approximate surface area is 134 Å². The van der Waals surface area contributed by atoms with Crippen molar-refractivity contribution in [2.24, 2.45) is 0 Å². The molecule has 0 aliphatic carbocycles. The van der Waals surface area contributed by atoms with Gasteiger partial charge in [0.15, 0.2) is 0 Å². The molecular weight excluding hydrogens is 352 g/mol. The van der Waals surface area contributed by atoms with Gasteiger partial charge < -0.3 is 4.98 Å². The van der Waals surface area contributed by atoms with Crippen molar-refractivity contribution in [3.63, 3.8) is 0 Å². The van der Waals surface area contributed by atoms with Crippen LogP contribution < -0.4 is 0 Å². The van der Waals surface area contributed by atoms with E-state index in [9.17, 15) is 0 Å². The molecule has 2 nitrogen and oxygen atoms in total. The quantitative estimate of drug-likeness (QED) is 0.600. The monoisotopic (exact) mass is 362 g/mol. The molecule has 1 N–H and O–H groups in total. The molecule has 2 aromatic heterocycles. The Hall–Kier alpha value is -1.30. The van der Waals surface area contributed by atoms with Gasteiger partial charge in [0.25, 0.3) is 0 Å². The fourth-order valence-corrected chi connectivity index (χ4v) is 3.51. The molecule has 3 rings (SSSR count). The SMILES string of the molecule is Cc1c(-c2ccccc2)[nH]c(-c2ccc(Br)s2)nc1=S. The average molecular weight is 363 g/mol. The van der Waals surface area contributed by atoms with Crippen LogP contribution in [0.2, 0.25) is 0 Å². The highest BCUT2D eigenvalue weighted by molar-refractivity contribution is 9.11. The summed E-state index contributed by atoms with van der Waals surface area (Å²) in [7, 11) is 0. The highest BCUT2D eigenvalue weighted by atomic mass is 79.9. The van der Waals surface area contributed by atoms with E-state index < -0.39 is 0 Å². The van der Waals surface area contributed by atoms with Gasteiger partial charge in [-0.15, -0.1) is 11.3 Å². The maximum atomic E-state index is 5.40. The predicted octanol–water partition coefficient (Wildman–Crippen LogP) is 5.61. The number of nitrogens with zero attached hydrogens (tertiary/aromatic N) is 1. The Bertz CT molecular complexity index is 806. The first-order valence-corrected chi connectivity index (χ1v) is 8.09. The molecule has 0 saturated carbocycles. The Balaban J connectivity index is 2.21. The van der Waals surface area contributed by atoms with Crippen LogP contribution in [0.15, 0.2) is 46.3 Å². The predicted molar refractivity (Wildman–Crippen MR) is 90.6 cm³/mol. The Morgan fingerprint density at radius 2 is 1.90 bits per heavy atom. The minimum Gasteiger partial charge on any atom is -0.338 e. The summed E-state index contributed by atoms with van der Waals surface area (Å²) in [5.41, 5.74) is 3.16. The van der Waals surface area contributed by atoms with Crippen LogP contribution in [0.4, 0.5) is 0 Å². The van der Waals surface area contributed by atoms with E-state index in [2.05, 4.69) is 38.0 Å². The molecule has 0 saturated heterocycles. The van der Waals surface area contributed by atoms with Crippen molar-refractivity contribution in [3.05, 3.63) is 56.5 Å². The van der Waals surface area contributed by atoms with E-state index >= 15 is 0 Å². The van der Waals surface area contributed by atoms with Gasteiger partial charge >= 0.3 is 0 Å². The van der Waals surface area contributed by atoms with Gasteiger partial charge in [-0.2, -0.15) is 0 Å². The molecule has 0 radical (unpaired) electrons. The number of rotatable bonds is 2. The summed E-state index contributed by atoms with van der Waals surface area (Å²) < 4.78 is 1.72. The lowest BCUT2D eigenvalue weighted by atomic mass is 10.1. The number of benzene rings is 1. The van der Waals surface area contributed by atoms with Gasteiger partial charge in [0.2, 0.25) is 0 Å². The molecule has 2 heterocycles. The van der Waals surface area contributed by atoms with Gasteiger partial charge in [-0.3, -0.25) is 0 Å². The van der Waals surface area contributed by atoms with Crippen LogP contribution >= 0.6 is 39.5 Å². The van der Waals surface area contributed by atoms with Crippen molar-refractivity contribution in [3.8, 4) is 22.0 Å². The molecule has 0 unspecified atom stereocenters. The molecule has 0 fully saturated rings. The minimum atomic E-state index is 0.641. The number of H-pyrrole nitrogens is 1. The number of halogens is 1. The summed E-state index contributed by atoms with van der Waals surface area (Å²) in [5.74, 6) is 0.815. The zero-order valence-electron chi connectivity index (χ0n) is 10.7. The van der Waals surface area contributed by atoms with Gasteiger partial charge in [-0.1, -0.05) is 42.5 Å². The lowest BCUT2D eigenvalue weighted by Gasteiger charge is -2.08. The smallest absolute Gasteiger partial charge is 0.149 e. The second-order valence-electron chi connectivity index (χ2n) is 4.36. The van der Waals surface area contributed by atoms with Crippen molar-refractivity contribution < 1.29 is 0 Å². The first-order valence-electron chi connectivity index (χ1n) is 6.07. The molecule has 5 heteroatoms. The Kier molecular flexibility index (Phi) is 3.83. The maximum Gasteiger partial charge on any atom is 0.149 e. The van der Waals surface area contributed by atoms with E-state index in [1.807, 2.05) is 37.3 Å². The number of nitrogens with one attached hydrogen (secondary N) is 1. The first kappa shape index (κ1) is 13.7. The van der Waals surface area contributed by atoms with Crippen molar-refractivity contribution in [2.45, 2.75) is 6.92 Å². The zero-order chi connectivity index (χ0) is 14.1. The fraction of sp³-hybridized carbons (Fsp3) is 0.0667. The van der Waals surface area contributed by atoms with Gasteiger partial charge in [-0.05, 0) is 40.5 Å². The molecule has 20 heavy (non-hydrogen) atoms. The van der Waals surface area contributed by atoms with Crippen LogP contribution in [-0.4, -0.2) is 9.97 Å². The van der Waals surface area contributed by atoms with Crippen molar-refractivity contribution in [2.75, 3.05) is 0 Å². The van der Waals surface area contributed by atoms with Crippen LogP contribution in [0.3, 0.4) is 0 Å². The van der Waals surface area contributed by atoms with Gasteiger partial charge in [-0.25, -0.2) is 4.98 Å². The Morgan fingerprint density at radius 3 is 2.55 bits per heavy atom. The summed E-state index contributed by atoms with van der Waals surface area (Å²) in [6, 6.07) is 14.2. The third-order valence-corrected chi connectivity index (χ3v) is 5.05. The second-order valence-corrected chi connectivity index (χ2v) is 7.21. The van der Waals surface area contributed by atoms with E-state index in [4.69, 9.17) is 12.2 Å². The fourth-order valence-electron chi connectivity index (χ4n) is 1.98. The molecule has 3 aromatic rings. The van der Waals surface area contributed by atoms with E-state index in [0.717, 1.165) is 31.3 Å². The molecule has 1 aromatic carbocycles. The average Bonchev–Trinajstić information content (AvgIpc) is 2.89. The highest BCUT2D eigenvalue weighted by Gasteiger charge is 2.10. The molecule has 0 amide bonds. The van der Waals surface area contributed by atoms with E-state index in [1.165, 1.54) is 0 Å². The second kappa shape index (κ2) is 5.60. The summed E-state index contributed by atoms with van der Waals surface area (Å²) in [4.78, 5) is 8.97. The number of aromatic amines is 1. The molecule has 0 bridgehead atoms. The number of hydrogen-bond donors (Lipinski definition) is 1. The first-order chi connectivity index (χ1) is 9.65. The van der Waals surface area contributed by atoms with E-state index in [-0.39, 0.29) is 0 Å². The molecule has 0 atom stereocenters. The Morgan fingerprint density at radius 1 is 1.15 bits per heavy atom. The summed E-state index contributed by atoms with van der Waals surface area (Å²) in [6.07, 6.45) is 0. The lowest BCUT2D eigenvalue weighted by Crippen LogP contribution is -1.96. The van der Waals surface area contributed by atoms with E-state index in [0.29, 0.717) is 4.64 Å². The number of thiophene rings is 1. The van der Waals surface area contributed by atoms with Gasteiger partial charge in [0.1, 0.15) is 10.5 Å². The molecule has 0 spiro atoms. The third kappa shape index (κ3) is 2.61. The van der Waals surface area contributed by atoms with Gasteiger partial charge in [0.05, 0.1) is 14.4 Å². The van der Waals surface area contributed by atoms with Gasteiger partial charge in [0, 0.05) is 5.56 Å². The molecule has 0 aliphatic heterocycles. The highest BCUT2D eigenvalue weighted by Crippen LogP contribution is 2.31. The minimum absolute atomic E-state index is 0.641. The summed E-state index contributed by atoms with van der Waals surface area (Å²) >= 11 is 10.5. The maximum absolute atomic E-state index is 5.40. The van der Waals surface area contributed by atoms with Crippen LogP contribution in [0.5, 0.6) is 0 Å². The van der Waals surface area contributed by atoms with Crippen LogP contribution in [-0.2, 0) is 0 Å².